The Bertz CT molecular complexity index is 575. The first kappa shape index (κ1) is 11.3. The van der Waals surface area contributed by atoms with Gasteiger partial charge in [-0.05, 0) is 18.6 Å². The van der Waals surface area contributed by atoms with Crippen LogP contribution in [-0.2, 0) is 12.8 Å². The monoisotopic (exact) mass is 253 g/mol. The fraction of sp³-hybridized carbons (Fsp3) is 0.333. The highest BCUT2D eigenvalue weighted by molar-refractivity contribution is 5.63. The van der Waals surface area contributed by atoms with Gasteiger partial charge in [0.05, 0.1) is 5.69 Å². The molecule has 0 spiro atoms. The Morgan fingerprint density at radius 3 is 2.83 bits per heavy atom. The third-order valence-corrected chi connectivity index (χ3v) is 3.13. The molecule has 0 fully saturated rings. The van der Waals surface area contributed by atoms with Crippen molar-refractivity contribution < 1.29 is 13.2 Å². The van der Waals surface area contributed by atoms with Crippen molar-refractivity contribution in [2.75, 3.05) is 0 Å². The van der Waals surface area contributed by atoms with Crippen molar-refractivity contribution in [3.05, 3.63) is 35.5 Å². The molecular weight excluding hydrogens is 243 g/mol. The topological polar surface area (TPSA) is 41.6 Å². The van der Waals surface area contributed by atoms with Gasteiger partial charge in [-0.2, -0.15) is 9.49 Å². The Morgan fingerprint density at radius 2 is 2.11 bits per heavy atom. The summed E-state index contributed by atoms with van der Waals surface area (Å²) in [5, 5.41) is 6.81. The molecule has 3 nitrogen and oxygen atoms in total. The Labute approximate surface area is 101 Å². The number of fused-ring (bicyclic) bond motifs is 1. The predicted molar refractivity (Wildman–Crippen MR) is 58.7 cm³/mol. The van der Waals surface area contributed by atoms with Crippen LogP contribution in [0.15, 0.2) is 18.3 Å². The van der Waals surface area contributed by atoms with Gasteiger partial charge in [-0.1, -0.05) is 0 Å². The van der Waals surface area contributed by atoms with Crippen molar-refractivity contribution >= 4 is 0 Å². The van der Waals surface area contributed by atoms with Crippen molar-refractivity contribution in [1.29, 1.82) is 0 Å². The van der Waals surface area contributed by atoms with Crippen LogP contribution in [0.25, 0.3) is 11.3 Å². The van der Waals surface area contributed by atoms with E-state index in [1.165, 1.54) is 18.3 Å². The second kappa shape index (κ2) is 3.83. The summed E-state index contributed by atoms with van der Waals surface area (Å²) in [6.45, 7) is 0. The van der Waals surface area contributed by atoms with Gasteiger partial charge in [0.15, 0.2) is 0 Å². The van der Waals surface area contributed by atoms with Gasteiger partial charge in [0.1, 0.15) is 0 Å². The third kappa shape index (κ3) is 1.87. The highest BCUT2D eigenvalue weighted by Gasteiger charge is 2.36. The lowest BCUT2D eigenvalue weighted by Gasteiger charge is -2.21. The molecule has 0 radical (unpaired) electrons. The van der Waals surface area contributed by atoms with E-state index >= 15 is 0 Å². The van der Waals surface area contributed by atoms with Crippen molar-refractivity contribution in [1.82, 2.24) is 15.2 Å². The Hall–Kier alpha value is -1.85. The minimum Gasteiger partial charge on any atom is -0.282 e. The zero-order valence-corrected chi connectivity index (χ0v) is 9.38. The summed E-state index contributed by atoms with van der Waals surface area (Å²) in [4.78, 5) is 3.51. The first-order chi connectivity index (χ1) is 8.55. The van der Waals surface area contributed by atoms with Crippen molar-refractivity contribution in [2.24, 2.45) is 0 Å². The smallest absolute Gasteiger partial charge is 0.252 e. The molecule has 0 amide bonds. The Balaban J connectivity index is 2.04. The number of aryl methyl sites for hydroxylation is 1. The van der Waals surface area contributed by atoms with Gasteiger partial charge in [-0.25, -0.2) is 13.8 Å². The molecule has 0 aromatic carbocycles. The molecule has 1 N–H and O–H groups in total. The van der Waals surface area contributed by atoms with Gasteiger partial charge in [0.25, 0.3) is 5.92 Å². The molecule has 0 saturated heterocycles. The van der Waals surface area contributed by atoms with Gasteiger partial charge in [0, 0.05) is 35.9 Å². The Morgan fingerprint density at radius 1 is 1.28 bits per heavy atom. The number of rotatable bonds is 1. The number of nitrogens with zero attached hydrogens (tertiary/aromatic N) is 2. The number of H-pyrrole nitrogens is 1. The van der Waals surface area contributed by atoms with Crippen LogP contribution in [0, 0.1) is 5.95 Å². The standard InChI is InChI=1S/C12H10F3N3/c13-10-2-1-7(6-16-10)11-8-5-12(14,15)4-3-9(8)17-18-11/h1-2,6H,3-5H2,(H,17,18). The molecule has 3 rings (SSSR count). The zero-order chi connectivity index (χ0) is 12.8. The summed E-state index contributed by atoms with van der Waals surface area (Å²) in [7, 11) is 0. The van der Waals surface area contributed by atoms with Gasteiger partial charge >= 0.3 is 0 Å². The normalized spacial score (nSPS) is 17.5. The third-order valence-electron chi connectivity index (χ3n) is 3.13. The van der Waals surface area contributed by atoms with Crippen LogP contribution in [0.4, 0.5) is 13.2 Å². The van der Waals surface area contributed by atoms with E-state index in [1.807, 2.05) is 0 Å². The van der Waals surface area contributed by atoms with Crippen molar-refractivity contribution in [3.63, 3.8) is 0 Å². The SMILES string of the molecule is Fc1ccc(-c2n[nH]c3c2CC(F)(F)CC3)cn1. The van der Waals surface area contributed by atoms with E-state index in [9.17, 15) is 13.2 Å². The van der Waals surface area contributed by atoms with E-state index in [-0.39, 0.29) is 19.3 Å². The minimum absolute atomic E-state index is 0.163. The number of alkyl halides is 2. The van der Waals surface area contributed by atoms with Crippen LogP contribution in [0.3, 0.4) is 0 Å². The van der Waals surface area contributed by atoms with E-state index in [2.05, 4.69) is 15.2 Å². The first-order valence-corrected chi connectivity index (χ1v) is 5.61. The minimum atomic E-state index is -2.70. The predicted octanol–water partition coefficient (Wildman–Crippen LogP) is 2.73. The average molecular weight is 253 g/mol. The first-order valence-electron chi connectivity index (χ1n) is 5.61. The highest BCUT2D eigenvalue weighted by Crippen LogP contribution is 2.36. The van der Waals surface area contributed by atoms with E-state index < -0.39 is 11.9 Å². The van der Waals surface area contributed by atoms with Crippen molar-refractivity contribution in [2.45, 2.75) is 25.2 Å². The number of nitrogens with one attached hydrogen (secondary N) is 1. The molecule has 0 atom stereocenters. The van der Waals surface area contributed by atoms with Crippen LogP contribution < -0.4 is 0 Å². The molecular formula is C12H10F3N3. The van der Waals surface area contributed by atoms with Crippen LogP contribution in [0.1, 0.15) is 17.7 Å². The zero-order valence-electron chi connectivity index (χ0n) is 9.38. The Kier molecular flexibility index (Phi) is 2.39. The summed E-state index contributed by atoms with van der Waals surface area (Å²) < 4.78 is 39.5. The molecule has 0 bridgehead atoms. The molecule has 2 heterocycles. The summed E-state index contributed by atoms with van der Waals surface area (Å²) in [6.07, 6.45) is 1.09. The number of halogens is 3. The van der Waals surface area contributed by atoms with Gasteiger partial charge in [-0.15, -0.1) is 0 Å². The molecule has 2 aromatic heterocycles. The molecule has 6 heteroatoms. The lowest BCUT2D eigenvalue weighted by Crippen LogP contribution is -2.25. The highest BCUT2D eigenvalue weighted by atomic mass is 19.3. The molecule has 94 valence electrons. The maximum atomic E-state index is 13.4. The molecule has 1 aliphatic carbocycles. The summed E-state index contributed by atoms with van der Waals surface area (Å²) >= 11 is 0. The van der Waals surface area contributed by atoms with Gasteiger partial charge in [0.2, 0.25) is 5.95 Å². The van der Waals surface area contributed by atoms with Gasteiger partial charge < -0.3 is 0 Å². The molecule has 18 heavy (non-hydrogen) atoms. The maximum Gasteiger partial charge on any atom is 0.252 e. The van der Waals surface area contributed by atoms with E-state index in [0.29, 0.717) is 16.8 Å². The van der Waals surface area contributed by atoms with Crippen LogP contribution in [0.2, 0.25) is 0 Å². The number of aromatic nitrogens is 3. The number of hydrogen-bond donors (Lipinski definition) is 1. The van der Waals surface area contributed by atoms with Crippen LogP contribution in [0.5, 0.6) is 0 Å². The average Bonchev–Trinajstić information content (AvgIpc) is 2.71. The lowest BCUT2D eigenvalue weighted by atomic mass is 9.91. The fourth-order valence-electron chi connectivity index (χ4n) is 2.21. The molecule has 0 unspecified atom stereocenters. The molecule has 0 saturated carbocycles. The van der Waals surface area contributed by atoms with E-state index in [4.69, 9.17) is 0 Å². The second-order valence-corrected chi connectivity index (χ2v) is 4.43. The van der Waals surface area contributed by atoms with Crippen LogP contribution in [-0.4, -0.2) is 21.1 Å². The summed E-state index contributed by atoms with van der Waals surface area (Å²) in [5.41, 5.74) is 2.24. The number of pyridine rings is 1. The summed E-state index contributed by atoms with van der Waals surface area (Å²) in [6, 6.07) is 2.68. The summed E-state index contributed by atoms with van der Waals surface area (Å²) in [5.74, 6) is -3.30. The quantitative estimate of drug-likeness (QED) is 0.794. The molecule has 1 aliphatic rings. The van der Waals surface area contributed by atoms with Gasteiger partial charge in [-0.3, -0.25) is 5.10 Å². The molecule has 2 aromatic rings. The van der Waals surface area contributed by atoms with E-state index in [1.54, 1.807) is 0 Å². The van der Waals surface area contributed by atoms with E-state index in [0.717, 1.165) is 5.69 Å². The number of aromatic amines is 1. The maximum absolute atomic E-state index is 13.4. The lowest BCUT2D eigenvalue weighted by molar-refractivity contribution is -0.0123. The second-order valence-electron chi connectivity index (χ2n) is 4.43. The molecule has 0 aliphatic heterocycles. The largest absolute Gasteiger partial charge is 0.282 e. The number of hydrogen-bond acceptors (Lipinski definition) is 2. The fourth-order valence-corrected chi connectivity index (χ4v) is 2.21. The van der Waals surface area contributed by atoms with Crippen molar-refractivity contribution in [3.8, 4) is 11.3 Å². The van der Waals surface area contributed by atoms with Crippen LogP contribution >= 0.6 is 0 Å².